The second-order valence-corrected chi connectivity index (χ2v) is 7.56. The van der Waals surface area contributed by atoms with Crippen LogP contribution in [-0.2, 0) is 12.0 Å². The molecular weight excluding hydrogens is 280 g/mol. The molecule has 2 heterocycles. The highest BCUT2D eigenvalue weighted by Gasteiger charge is 2.16. The first-order chi connectivity index (χ1) is 9.90. The smallest absolute Gasteiger partial charge is 0.194 e. The van der Waals surface area contributed by atoms with Crippen LogP contribution >= 0.6 is 11.3 Å². The third-order valence-corrected chi connectivity index (χ3v) is 4.70. The number of hydrogen-bond acceptors (Lipinski definition) is 3. The van der Waals surface area contributed by atoms with E-state index in [1.54, 1.807) is 11.3 Å². The van der Waals surface area contributed by atoms with Crippen LogP contribution in [0.25, 0.3) is 16.2 Å². The topological polar surface area (TPSA) is 37.5 Å². The van der Waals surface area contributed by atoms with Gasteiger partial charge < -0.3 is 5.11 Å². The van der Waals surface area contributed by atoms with Crippen molar-refractivity contribution in [1.82, 2.24) is 9.38 Å². The van der Waals surface area contributed by atoms with Gasteiger partial charge >= 0.3 is 0 Å². The number of aryl methyl sites for hydroxylation is 1. The van der Waals surface area contributed by atoms with Crippen LogP contribution in [0.3, 0.4) is 0 Å². The second-order valence-electron chi connectivity index (χ2n) is 6.38. The van der Waals surface area contributed by atoms with Gasteiger partial charge in [-0.05, 0) is 23.5 Å². The first-order valence-electron chi connectivity index (χ1n) is 7.09. The molecule has 0 spiro atoms. The average Bonchev–Trinajstić information content (AvgIpc) is 2.93. The van der Waals surface area contributed by atoms with Gasteiger partial charge in [0.05, 0.1) is 18.0 Å². The molecule has 1 N–H and O–H groups in total. The number of aliphatic hydroxyl groups excluding tert-OH is 1. The minimum absolute atomic E-state index is 0.0180. The summed E-state index contributed by atoms with van der Waals surface area (Å²) in [6, 6.07) is 8.74. The number of aromatic nitrogens is 2. The van der Waals surface area contributed by atoms with Crippen LogP contribution in [0.15, 0.2) is 30.5 Å². The summed E-state index contributed by atoms with van der Waals surface area (Å²) in [5.74, 6) is 0. The maximum Gasteiger partial charge on any atom is 0.194 e. The van der Waals surface area contributed by atoms with Crippen LogP contribution in [0.4, 0.5) is 0 Å². The Hall–Kier alpha value is -1.65. The number of nitrogens with zero attached hydrogens (tertiary/aromatic N) is 2. The predicted octanol–water partition coefficient (Wildman–Crippen LogP) is 4.16. The molecule has 110 valence electrons. The summed E-state index contributed by atoms with van der Waals surface area (Å²) in [6.07, 6.45) is 1.92. The molecule has 4 heteroatoms. The summed E-state index contributed by atoms with van der Waals surface area (Å²) in [7, 11) is 0. The zero-order valence-corrected chi connectivity index (χ0v) is 13.7. The zero-order chi connectivity index (χ0) is 15.2. The summed E-state index contributed by atoms with van der Waals surface area (Å²) >= 11 is 1.66. The van der Waals surface area contributed by atoms with Gasteiger partial charge in [-0.15, -0.1) is 11.3 Å². The summed E-state index contributed by atoms with van der Waals surface area (Å²) < 4.78 is 2.08. The van der Waals surface area contributed by atoms with Gasteiger partial charge in [-0.1, -0.05) is 45.0 Å². The largest absolute Gasteiger partial charge is 0.390 e. The highest BCUT2D eigenvalue weighted by Crippen LogP contribution is 2.32. The van der Waals surface area contributed by atoms with Crippen LogP contribution in [0.5, 0.6) is 0 Å². The van der Waals surface area contributed by atoms with E-state index in [0.29, 0.717) is 5.69 Å². The van der Waals surface area contributed by atoms with Gasteiger partial charge in [-0.2, -0.15) is 0 Å². The number of imidazole rings is 1. The lowest BCUT2D eigenvalue weighted by Crippen LogP contribution is -2.10. The van der Waals surface area contributed by atoms with Gasteiger partial charge in [-0.25, -0.2) is 4.98 Å². The van der Waals surface area contributed by atoms with E-state index >= 15 is 0 Å². The van der Waals surface area contributed by atoms with Crippen molar-refractivity contribution in [3.63, 3.8) is 0 Å². The number of fused-ring (bicyclic) bond motifs is 1. The Labute approximate surface area is 128 Å². The van der Waals surface area contributed by atoms with E-state index in [0.717, 1.165) is 4.96 Å². The summed E-state index contributed by atoms with van der Waals surface area (Å²) in [4.78, 5) is 6.60. The van der Waals surface area contributed by atoms with Crippen LogP contribution in [0, 0.1) is 6.92 Å². The highest BCUT2D eigenvalue weighted by atomic mass is 32.1. The molecule has 0 fully saturated rings. The Morgan fingerprint density at radius 3 is 2.43 bits per heavy atom. The molecule has 3 aromatic rings. The maximum atomic E-state index is 9.24. The van der Waals surface area contributed by atoms with E-state index in [4.69, 9.17) is 0 Å². The zero-order valence-electron chi connectivity index (χ0n) is 12.8. The lowest BCUT2D eigenvalue weighted by Gasteiger charge is -2.19. The van der Waals surface area contributed by atoms with E-state index < -0.39 is 0 Å². The van der Waals surface area contributed by atoms with Gasteiger partial charge in [0.25, 0.3) is 0 Å². The Morgan fingerprint density at radius 1 is 1.19 bits per heavy atom. The van der Waals surface area contributed by atoms with Crippen molar-refractivity contribution < 1.29 is 5.11 Å². The van der Waals surface area contributed by atoms with Crippen LogP contribution in [0.2, 0.25) is 0 Å². The van der Waals surface area contributed by atoms with Crippen molar-refractivity contribution >= 4 is 16.3 Å². The van der Waals surface area contributed by atoms with Crippen LogP contribution < -0.4 is 0 Å². The van der Waals surface area contributed by atoms with Crippen LogP contribution in [-0.4, -0.2) is 14.5 Å². The minimum Gasteiger partial charge on any atom is -0.390 e. The average molecular weight is 300 g/mol. The molecule has 0 aliphatic rings. The summed E-state index contributed by atoms with van der Waals surface area (Å²) in [6.45, 7) is 8.76. The lowest BCUT2D eigenvalue weighted by molar-refractivity contribution is 0.277. The molecule has 0 atom stereocenters. The van der Waals surface area contributed by atoms with Gasteiger partial charge in [0.15, 0.2) is 4.96 Å². The molecule has 0 aliphatic carbocycles. The first kappa shape index (κ1) is 14.3. The SMILES string of the molecule is Cc1sc2nc(CO)cn2c1-c1ccc(C(C)(C)C)cc1. The van der Waals surface area contributed by atoms with Crippen molar-refractivity contribution in [2.24, 2.45) is 0 Å². The molecule has 21 heavy (non-hydrogen) atoms. The molecule has 3 nitrogen and oxygen atoms in total. The summed E-state index contributed by atoms with van der Waals surface area (Å²) in [5.41, 5.74) is 4.57. The molecule has 0 aliphatic heterocycles. The van der Waals surface area contributed by atoms with E-state index in [1.807, 2.05) is 6.20 Å². The lowest BCUT2D eigenvalue weighted by atomic mass is 9.86. The fourth-order valence-electron chi connectivity index (χ4n) is 2.54. The monoisotopic (exact) mass is 300 g/mol. The molecule has 3 rings (SSSR count). The summed E-state index contributed by atoms with van der Waals surface area (Å²) in [5, 5.41) is 9.24. The number of aliphatic hydroxyl groups is 1. The molecule has 0 radical (unpaired) electrons. The normalized spacial score (nSPS) is 12.2. The molecular formula is C17H20N2OS. The van der Waals surface area contributed by atoms with E-state index in [1.165, 1.54) is 21.7 Å². The number of thiazole rings is 1. The Bertz CT molecular complexity index is 776. The standard InChI is InChI=1S/C17H20N2OS/c1-11-15(19-9-14(10-20)18-16(19)21-11)12-5-7-13(8-6-12)17(2,3)4/h5-9,20H,10H2,1-4H3. The van der Waals surface area contributed by atoms with Crippen molar-refractivity contribution in [2.75, 3.05) is 0 Å². The minimum atomic E-state index is -0.0180. The molecule has 2 aromatic heterocycles. The van der Waals surface area contributed by atoms with Gasteiger partial charge in [0.1, 0.15) is 0 Å². The molecule has 0 amide bonds. The fraction of sp³-hybridized carbons (Fsp3) is 0.353. The van der Waals surface area contributed by atoms with E-state index in [-0.39, 0.29) is 12.0 Å². The molecule has 0 saturated carbocycles. The maximum absolute atomic E-state index is 9.24. The number of hydrogen-bond donors (Lipinski definition) is 1. The van der Waals surface area contributed by atoms with Gasteiger partial charge in [0.2, 0.25) is 0 Å². The Kier molecular flexibility index (Phi) is 3.38. The highest BCUT2D eigenvalue weighted by molar-refractivity contribution is 7.17. The molecule has 1 aromatic carbocycles. The van der Waals surface area contributed by atoms with E-state index in [9.17, 15) is 5.11 Å². The first-order valence-corrected chi connectivity index (χ1v) is 7.91. The second kappa shape index (κ2) is 4.97. The number of benzene rings is 1. The van der Waals surface area contributed by atoms with Crippen molar-refractivity contribution in [3.05, 3.63) is 46.6 Å². The van der Waals surface area contributed by atoms with Crippen molar-refractivity contribution in [1.29, 1.82) is 0 Å². The Balaban J connectivity index is 2.11. The molecule has 0 unspecified atom stereocenters. The predicted molar refractivity (Wildman–Crippen MR) is 87.9 cm³/mol. The number of rotatable bonds is 2. The molecule has 0 bridgehead atoms. The van der Waals surface area contributed by atoms with Gasteiger partial charge in [0, 0.05) is 11.1 Å². The van der Waals surface area contributed by atoms with Crippen molar-refractivity contribution in [2.45, 2.75) is 39.7 Å². The third kappa shape index (κ3) is 2.49. The van der Waals surface area contributed by atoms with E-state index in [2.05, 4.69) is 61.3 Å². The Morgan fingerprint density at radius 2 is 1.86 bits per heavy atom. The van der Waals surface area contributed by atoms with Gasteiger partial charge in [-0.3, -0.25) is 4.40 Å². The van der Waals surface area contributed by atoms with Crippen molar-refractivity contribution in [3.8, 4) is 11.3 Å². The quantitative estimate of drug-likeness (QED) is 0.771. The third-order valence-electron chi connectivity index (χ3n) is 3.73. The fourth-order valence-corrected chi connectivity index (χ4v) is 3.54. The molecule has 0 saturated heterocycles. The van der Waals surface area contributed by atoms with Crippen LogP contribution in [0.1, 0.15) is 36.9 Å².